The van der Waals surface area contributed by atoms with Gasteiger partial charge in [0.05, 0.1) is 5.75 Å². The van der Waals surface area contributed by atoms with Crippen molar-refractivity contribution in [1.82, 2.24) is 9.62 Å². The number of rotatable bonds is 7. The molecule has 5 nitrogen and oxygen atoms in total. The lowest BCUT2D eigenvalue weighted by Gasteiger charge is -2.31. The maximum absolute atomic E-state index is 12.6. The molecular weight excluding hydrogens is 360 g/mol. The van der Waals surface area contributed by atoms with Gasteiger partial charge in [0.2, 0.25) is 15.9 Å². The zero-order valence-corrected chi connectivity index (χ0v) is 16.4. The highest BCUT2D eigenvalue weighted by molar-refractivity contribution is 7.88. The highest BCUT2D eigenvalue weighted by Crippen LogP contribution is 2.24. The quantitative estimate of drug-likeness (QED) is 0.782. The zero-order chi connectivity index (χ0) is 18.4. The van der Waals surface area contributed by atoms with Gasteiger partial charge in [-0.05, 0) is 37.8 Å². The fourth-order valence-corrected chi connectivity index (χ4v) is 5.04. The van der Waals surface area contributed by atoms with Crippen molar-refractivity contribution in [2.45, 2.75) is 51.3 Å². The first-order chi connectivity index (χ1) is 11.8. The van der Waals surface area contributed by atoms with Gasteiger partial charge in [-0.2, -0.15) is 0 Å². The molecule has 1 aliphatic rings. The van der Waals surface area contributed by atoms with E-state index in [1.165, 1.54) is 4.31 Å². The maximum Gasteiger partial charge on any atom is 0.223 e. The minimum Gasteiger partial charge on any atom is -0.353 e. The second-order valence-corrected chi connectivity index (χ2v) is 9.10. The van der Waals surface area contributed by atoms with E-state index in [-0.39, 0.29) is 23.6 Å². The van der Waals surface area contributed by atoms with E-state index in [9.17, 15) is 13.2 Å². The molecule has 0 aromatic heterocycles. The van der Waals surface area contributed by atoms with E-state index in [4.69, 9.17) is 11.6 Å². The number of hydrogen-bond acceptors (Lipinski definition) is 3. The number of hydrogen-bond donors (Lipinski definition) is 1. The summed E-state index contributed by atoms with van der Waals surface area (Å²) in [6.07, 6.45) is 3.11. The summed E-state index contributed by atoms with van der Waals surface area (Å²) in [6, 6.07) is 7.15. The number of piperidine rings is 1. The van der Waals surface area contributed by atoms with Crippen molar-refractivity contribution in [3.8, 4) is 0 Å². The maximum atomic E-state index is 12.6. The van der Waals surface area contributed by atoms with Crippen LogP contribution >= 0.6 is 11.6 Å². The Labute approximate surface area is 155 Å². The average Bonchev–Trinajstić information content (AvgIpc) is 2.57. The minimum absolute atomic E-state index is 0.0455. The fourth-order valence-electron chi connectivity index (χ4n) is 3.17. The van der Waals surface area contributed by atoms with Gasteiger partial charge in [-0.1, -0.05) is 43.1 Å². The molecule has 2 rings (SSSR count). The van der Waals surface area contributed by atoms with E-state index in [1.54, 1.807) is 24.3 Å². The van der Waals surface area contributed by atoms with Crippen molar-refractivity contribution in [2.24, 2.45) is 5.92 Å². The molecule has 0 unspecified atom stereocenters. The van der Waals surface area contributed by atoms with Crippen molar-refractivity contribution in [3.05, 3.63) is 34.9 Å². The molecular formula is C18H27ClN2O3S. The molecule has 0 saturated carbocycles. The lowest BCUT2D eigenvalue weighted by Crippen LogP contribution is -2.45. The lowest BCUT2D eigenvalue weighted by molar-refractivity contribution is -0.126. The Kier molecular flexibility index (Phi) is 7.28. The number of benzene rings is 1. The Balaban J connectivity index is 1.90. The Hall–Kier alpha value is -1.11. The minimum atomic E-state index is -3.42. The third-order valence-electron chi connectivity index (χ3n) is 4.62. The number of halogens is 1. The molecule has 1 heterocycles. The smallest absolute Gasteiger partial charge is 0.223 e. The predicted octanol–water partition coefficient (Wildman–Crippen LogP) is 3.19. The number of carbonyl (C=O) groups excluding carboxylic acids is 1. The molecule has 0 bridgehead atoms. The summed E-state index contributed by atoms with van der Waals surface area (Å²) in [4.78, 5) is 12.3. The van der Waals surface area contributed by atoms with Crippen LogP contribution in [0.1, 0.15) is 45.1 Å². The number of sulfonamides is 1. The van der Waals surface area contributed by atoms with Crippen molar-refractivity contribution in [3.63, 3.8) is 0 Å². The van der Waals surface area contributed by atoms with Gasteiger partial charge in [0, 0.05) is 30.1 Å². The number of nitrogens with zero attached hydrogens (tertiary/aromatic N) is 1. The van der Waals surface area contributed by atoms with Crippen LogP contribution in [-0.2, 0) is 20.6 Å². The molecule has 25 heavy (non-hydrogen) atoms. The molecule has 1 aromatic rings. The van der Waals surface area contributed by atoms with Gasteiger partial charge < -0.3 is 5.32 Å². The third kappa shape index (κ3) is 5.69. The van der Waals surface area contributed by atoms with Gasteiger partial charge in [0.25, 0.3) is 0 Å². The van der Waals surface area contributed by atoms with E-state index in [0.29, 0.717) is 36.5 Å². The summed E-state index contributed by atoms with van der Waals surface area (Å²) in [5, 5.41) is 3.49. The molecule has 1 fully saturated rings. The van der Waals surface area contributed by atoms with Gasteiger partial charge >= 0.3 is 0 Å². The number of amides is 1. The van der Waals surface area contributed by atoms with Crippen molar-refractivity contribution in [2.75, 3.05) is 13.1 Å². The van der Waals surface area contributed by atoms with Crippen LogP contribution in [0.3, 0.4) is 0 Å². The topological polar surface area (TPSA) is 66.5 Å². The molecule has 1 N–H and O–H groups in total. The van der Waals surface area contributed by atoms with Crippen LogP contribution in [-0.4, -0.2) is 37.8 Å². The highest BCUT2D eigenvalue weighted by atomic mass is 35.5. The van der Waals surface area contributed by atoms with Crippen LogP contribution in [0.15, 0.2) is 24.3 Å². The van der Waals surface area contributed by atoms with Crippen LogP contribution in [0, 0.1) is 5.92 Å². The fraction of sp³-hybridized carbons (Fsp3) is 0.611. The second-order valence-electron chi connectivity index (χ2n) is 6.72. The molecule has 7 heteroatoms. The molecule has 0 radical (unpaired) electrons. The zero-order valence-electron chi connectivity index (χ0n) is 14.9. The molecule has 0 aliphatic carbocycles. The van der Waals surface area contributed by atoms with Crippen LogP contribution in [0.4, 0.5) is 0 Å². The molecule has 1 amide bonds. The van der Waals surface area contributed by atoms with Crippen molar-refractivity contribution in [1.29, 1.82) is 0 Å². The van der Waals surface area contributed by atoms with E-state index in [2.05, 4.69) is 12.2 Å². The Morgan fingerprint density at radius 1 is 1.32 bits per heavy atom. The Bertz CT molecular complexity index is 685. The summed E-state index contributed by atoms with van der Waals surface area (Å²) in [5.74, 6) is -0.160. The van der Waals surface area contributed by atoms with Gasteiger partial charge in [-0.15, -0.1) is 0 Å². The largest absolute Gasteiger partial charge is 0.353 e. The summed E-state index contributed by atoms with van der Waals surface area (Å²) >= 11 is 6.07. The monoisotopic (exact) mass is 386 g/mol. The van der Waals surface area contributed by atoms with E-state index in [1.807, 2.05) is 6.92 Å². The van der Waals surface area contributed by atoms with Crippen molar-refractivity contribution < 1.29 is 13.2 Å². The van der Waals surface area contributed by atoms with E-state index >= 15 is 0 Å². The lowest BCUT2D eigenvalue weighted by atomic mass is 9.96. The first kappa shape index (κ1) is 20.2. The van der Waals surface area contributed by atoms with Crippen LogP contribution < -0.4 is 5.32 Å². The standard InChI is InChI=1S/C18H27ClN2O3S/c1-3-6-14(2)20-18(22)15-9-11-21(12-10-15)25(23,24)13-16-7-4-5-8-17(16)19/h4-5,7-8,14-15H,3,6,9-13H2,1-2H3,(H,20,22)/t14-/m1/s1. The van der Waals surface area contributed by atoms with Crippen LogP contribution in [0.2, 0.25) is 5.02 Å². The third-order valence-corrected chi connectivity index (χ3v) is 6.82. The Morgan fingerprint density at radius 3 is 2.56 bits per heavy atom. The van der Waals surface area contributed by atoms with Crippen LogP contribution in [0.25, 0.3) is 0 Å². The van der Waals surface area contributed by atoms with Gasteiger partial charge in [0.15, 0.2) is 0 Å². The molecule has 140 valence electrons. The van der Waals surface area contributed by atoms with Crippen LogP contribution in [0.5, 0.6) is 0 Å². The molecule has 1 saturated heterocycles. The number of carbonyl (C=O) groups is 1. The van der Waals surface area contributed by atoms with Gasteiger partial charge in [0.1, 0.15) is 0 Å². The van der Waals surface area contributed by atoms with Crippen molar-refractivity contribution >= 4 is 27.5 Å². The number of nitrogens with one attached hydrogen (secondary N) is 1. The van der Waals surface area contributed by atoms with E-state index in [0.717, 1.165) is 12.8 Å². The SMILES string of the molecule is CCC[C@@H](C)NC(=O)C1CCN(S(=O)(=O)Cc2ccccc2Cl)CC1. The molecule has 0 spiro atoms. The summed E-state index contributed by atoms with van der Waals surface area (Å²) in [7, 11) is -3.42. The van der Waals surface area contributed by atoms with Gasteiger partial charge in [-0.3, -0.25) is 4.79 Å². The first-order valence-corrected chi connectivity index (χ1v) is 10.8. The highest BCUT2D eigenvalue weighted by Gasteiger charge is 2.31. The first-order valence-electron chi connectivity index (χ1n) is 8.85. The second kappa shape index (κ2) is 9.01. The molecule has 1 atom stereocenters. The summed E-state index contributed by atoms with van der Waals surface area (Å²) < 4.78 is 26.7. The Morgan fingerprint density at radius 2 is 1.96 bits per heavy atom. The predicted molar refractivity (Wildman–Crippen MR) is 101 cm³/mol. The molecule has 1 aromatic carbocycles. The normalized spacial score (nSPS) is 18.0. The average molecular weight is 387 g/mol. The molecule has 1 aliphatic heterocycles. The van der Waals surface area contributed by atoms with Gasteiger partial charge in [-0.25, -0.2) is 12.7 Å². The summed E-state index contributed by atoms with van der Waals surface area (Å²) in [6.45, 7) is 4.86. The summed E-state index contributed by atoms with van der Waals surface area (Å²) in [5.41, 5.74) is 0.609. The van der Waals surface area contributed by atoms with E-state index < -0.39 is 10.0 Å².